The molecule has 3 heterocycles. The summed E-state index contributed by atoms with van der Waals surface area (Å²) in [6.07, 6.45) is 0. The van der Waals surface area contributed by atoms with Gasteiger partial charge in [0.2, 0.25) is 11.1 Å². The minimum absolute atomic E-state index is 0.0304. The number of carbonyl (C=O) groups excluding carboxylic acids is 1. The lowest BCUT2D eigenvalue weighted by Crippen LogP contribution is -2.50. The number of nitrogens with zero attached hydrogens (tertiary/aromatic N) is 7. The Kier molecular flexibility index (Phi) is 7.51. The van der Waals surface area contributed by atoms with Gasteiger partial charge in [-0.15, -0.1) is 10.2 Å². The summed E-state index contributed by atoms with van der Waals surface area (Å²) in [5.41, 5.74) is 7.07. The quantitative estimate of drug-likeness (QED) is 0.143. The number of carbonyl (C=O) groups is 1. The van der Waals surface area contributed by atoms with Gasteiger partial charge in [0.05, 0.1) is 15.7 Å². The molecular formula is C31H31N7O3S. The van der Waals surface area contributed by atoms with Crippen LogP contribution in [0.25, 0.3) is 22.1 Å². The van der Waals surface area contributed by atoms with Crippen LogP contribution in [0.2, 0.25) is 0 Å². The van der Waals surface area contributed by atoms with Crippen LogP contribution in [0.15, 0.2) is 71.9 Å². The largest absolute Gasteiger partial charge is 0.368 e. The van der Waals surface area contributed by atoms with Gasteiger partial charge in [-0.1, -0.05) is 53.2 Å². The maximum absolute atomic E-state index is 13.4. The van der Waals surface area contributed by atoms with Crippen molar-refractivity contribution >= 4 is 51.1 Å². The van der Waals surface area contributed by atoms with Crippen molar-refractivity contribution in [3.63, 3.8) is 0 Å². The summed E-state index contributed by atoms with van der Waals surface area (Å²) in [5.74, 6) is 0.0304. The third-order valence-electron chi connectivity index (χ3n) is 7.71. The molecule has 0 saturated carbocycles. The van der Waals surface area contributed by atoms with Gasteiger partial charge in [-0.3, -0.25) is 14.9 Å². The zero-order valence-electron chi connectivity index (χ0n) is 23.7. The first-order valence-corrected chi connectivity index (χ1v) is 14.8. The maximum atomic E-state index is 13.4. The van der Waals surface area contributed by atoms with Gasteiger partial charge >= 0.3 is 0 Å². The number of hydrogen-bond donors (Lipinski definition) is 0. The van der Waals surface area contributed by atoms with Gasteiger partial charge in [0.1, 0.15) is 5.52 Å². The van der Waals surface area contributed by atoms with Gasteiger partial charge in [-0.2, -0.15) is 0 Å². The number of non-ortho nitro benzene ring substituents is 1. The van der Waals surface area contributed by atoms with E-state index in [0.717, 1.165) is 33.3 Å². The fourth-order valence-corrected chi connectivity index (χ4v) is 6.17. The third-order valence-corrected chi connectivity index (χ3v) is 8.65. The third kappa shape index (κ3) is 5.52. The zero-order valence-corrected chi connectivity index (χ0v) is 24.5. The average Bonchev–Trinajstić information content (AvgIpc) is 3.29. The monoisotopic (exact) mass is 581 g/mol. The molecule has 1 atom stereocenters. The molecule has 5 aromatic rings. The number of nitro groups is 1. The van der Waals surface area contributed by atoms with Gasteiger partial charge in [0, 0.05) is 55.9 Å². The molecular weight excluding hydrogens is 550 g/mol. The number of piperazine rings is 1. The van der Waals surface area contributed by atoms with E-state index in [1.165, 1.54) is 35.0 Å². The standard InChI is InChI=1S/C31H31N7O3S/c1-20-4-7-23(8-5-20)19-37-27-13-6-21(2)18-26(27)28-29(37)32-31(34-33-28)42-22(3)30(39)36-16-14-35(15-17-36)24-9-11-25(12-10-24)38(40)41/h4-13,18,22H,14-17,19H2,1-3H3. The summed E-state index contributed by atoms with van der Waals surface area (Å²) < 4.78 is 2.18. The van der Waals surface area contributed by atoms with E-state index in [0.29, 0.717) is 37.9 Å². The molecule has 11 heteroatoms. The van der Waals surface area contributed by atoms with Crippen molar-refractivity contribution < 1.29 is 9.72 Å². The molecule has 2 aromatic heterocycles. The molecule has 1 unspecified atom stereocenters. The molecule has 1 amide bonds. The first-order valence-electron chi connectivity index (χ1n) is 13.9. The van der Waals surface area contributed by atoms with E-state index < -0.39 is 4.92 Å². The van der Waals surface area contributed by atoms with Crippen LogP contribution in [0.4, 0.5) is 11.4 Å². The molecule has 0 N–H and O–H groups in total. The lowest BCUT2D eigenvalue weighted by atomic mass is 10.1. The molecule has 0 bridgehead atoms. The molecule has 1 aliphatic rings. The van der Waals surface area contributed by atoms with E-state index >= 15 is 0 Å². The summed E-state index contributed by atoms with van der Waals surface area (Å²) in [6.45, 7) is 9.13. The van der Waals surface area contributed by atoms with E-state index in [1.807, 2.05) is 11.8 Å². The second-order valence-corrected chi connectivity index (χ2v) is 12.0. The summed E-state index contributed by atoms with van der Waals surface area (Å²) >= 11 is 1.32. The minimum atomic E-state index is -0.402. The first kappa shape index (κ1) is 27.6. The number of fused-ring (bicyclic) bond motifs is 3. The summed E-state index contributed by atoms with van der Waals surface area (Å²) in [5, 5.41) is 21.1. The van der Waals surface area contributed by atoms with Crippen molar-refractivity contribution in [1.29, 1.82) is 0 Å². The average molecular weight is 582 g/mol. The van der Waals surface area contributed by atoms with Crippen molar-refractivity contribution in [2.75, 3.05) is 31.1 Å². The maximum Gasteiger partial charge on any atom is 0.269 e. The SMILES string of the molecule is Cc1ccc(Cn2c3ccc(C)cc3c3nnc(SC(C)C(=O)N4CCN(c5ccc([N+](=O)[O-])cc5)CC4)nc32)cc1. The van der Waals surface area contributed by atoms with Crippen LogP contribution in [0.1, 0.15) is 23.6 Å². The number of rotatable bonds is 7. The summed E-state index contributed by atoms with van der Waals surface area (Å²) in [4.78, 5) is 32.8. The second-order valence-electron chi connectivity index (χ2n) is 10.7. The Hall–Kier alpha value is -4.51. The zero-order chi connectivity index (χ0) is 29.4. The van der Waals surface area contributed by atoms with Crippen LogP contribution in [0.3, 0.4) is 0 Å². The highest BCUT2D eigenvalue weighted by atomic mass is 32.2. The molecule has 3 aromatic carbocycles. The number of thioether (sulfide) groups is 1. The Balaban J connectivity index is 1.18. The number of amides is 1. The lowest BCUT2D eigenvalue weighted by molar-refractivity contribution is -0.384. The number of anilines is 1. The Morgan fingerprint density at radius 1 is 0.952 bits per heavy atom. The highest BCUT2D eigenvalue weighted by Crippen LogP contribution is 2.30. The lowest BCUT2D eigenvalue weighted by Gasteiger charge is -2.37. The van der Waals surface area contributed by atoms with Gasteiger partial charge < -0.3 is 14.4 Å². The van der Waals surface area contributed by atoms with E-state index in [4.69, 9.17) is 4.98 Å². The van der Waals surface area contributed by atoms with Crippen molar-refractivity contribution in [3.8, 4) is 0 Å². The summed E-state index contributed by atoms with van der Waals surface area (Å²) in [7, 11) is 0. The predicted molar refractivity (Wildman–Crippen MR) is 165 cm³/mol. The van der Waals surface area contributed by atoms with Crippen LogP contribution < -0.4 is 4.90 Å². The molecule has 1 saturated heterocycles. The molecule has 6 rings (SSSR count). The van der Waals surface area contributed by atoms with Gasteiger partial charge in [0.25, 0.3) is 5.69 Å². The van der Waals surface area contributed by atoms with E-state index in [-0.39, 0.29) is 16.8 Å². The van der Waals surface area contributed by atoms with Crippen molar-refractivity contribution in [2.24, 2.45) is 0 Å². The highest BCUT2D eigenvalue weighted by molar-refractivity contribution is 8.00. The molecule has 0 aliphatic carbocycles. The minimum Gasteiger partial charge on any atom is -0.368 e. The fourth-order valence-electron chi connectivity index (χ4n) is 5.38. The van der Waals surface area contributed by atoms with Crippen molar-refractivity contribution in [3.05, 3.63) is 93.5 Å². The number of nitro benzene ring substituents is 1. The molecule has 1 fully saturated rings. The number of hydrogen-bond acceptors (Lipinski definition) is 8. The van der Waals surface area contributed by atoms with Crippen LogP contribution in [-0.4, -0.2) is 66.9 Å². The van der Waals surface area contributed by atoms with Crippen molar-refractivity contribution in [2.45, 2.75) is 37.7 Å². The van der Waals surface area contributed by atoms with Crippen LogP contribution >= 0.6 is 11.8 Å². The van der Waals surface area contributed by atoms with Crippen molar-refractivity contribution in [1.82, 2.24) is 24.6 Å². The first-order chi connectivity index (χ1) is 20.3. The van der Waals surface area contributed by atoms with Gasteiger partial charge in [0.15, 0.2) is 5.65 Å². The number of aryl methyl sites for hydroxylation is 2. The topological polar surface area (TPSA) is 110 Å². The van der Waals surface area contributed by atoms with E-state index in [2.05, 4.69) is 76.0 Å². The molecule has 10 nitrogen and oxygen atoms in total. The molecule has 1 aliphatic heterocycles. The Labute approximate surface area is 247 Å². The molecule has 0 radical (unpaired) electrons. The van der Waals surface area contributed by atoms with E-state index in [1.54, 1.807) is 12.1 Å². The molecule has 0 spiro atoms. The Morgan fingerprint density at radius 2 is 1.64 bits per heavy atom. The highest BCUT2D eigenvalue weighted by Gasteiger charge is 2.27. The molecule has 214 valence electrons. The molecule has 42 heavy (non-hydrogen) atoms. The van der Waals surface area contributed by atoms with Crippen LogP contribution in [0.5, 0.6) is 0 Å². The van der Waals surface area contributed by atoms with Gasteiger partial charge in [-0.25, -0.2) is 4.98 Å². The number of aromatic nitrogens is 4. The Bertz CT molecular complexity index is 1780. The summed E-state index contributed by atoms with van der Waals surface area (Å²) in [6, 6.07) is 21.4. The fraction of sp³-hybridized carbons (Fsp3) is 0.290. The Morgan fingerprint density at radius 3 is 2.33 bits per heavy atom. The smallest absolute Gasteiger partial charge is 0.269 e. The second kappa shape index (κ2) is 11.4. The predicted octanol–water partition coefficient (Wildman–Crippen LogP) is 5.38. The van der Waals surface area contributed by atoms with Crippen LogP contribution in [-0.2, 0) is 11.3 Å². The van der Waals surface area contributed by atoms with Crippen LogP contribution in [0, 0.1) is 24.0 Å². The van der Waals surface area contributed by atoms with E-state index in [9.17, 15) is 14.9 Å². The van der Waals surface area contributed by atoms with Gasteiger partial charge in [-0.05, 0) is 50.6 Å². The normalized spacial score (nSPS) is 14.5. The number of benzene rings is 3.